The highest BCUT2D eigenvalue weighted by Gasteiger charge is 2.48. The zero-order valence-corrected chi connectivity index (χ0v) is 9.23. The highest BCUT2D eigenvalue weighted by Crippen LogP contribution is 2.27. The molecule has 1 aromatic rings. The van der Waals surface area contributed by atoms with Crippen molar-refractivity contribution >= 4 is 0 Å². The fourth-order valence-electron chi connectivity index (χ4n) is 1.93. The molecule has 0 aliphatic carbocycles. The lowest BCUT2D eigenvalue weighted by atomic mass is 9.92. The van der Waals surface area contributed by atoms with E-state index in [4.69, 9.17) is 4.74 Å². The van der Waals surface area contributed by atoms with Crippen LogP contribution in [-0.2, 0) is 11.2 Å². The number of hydrogen-bond acceptors (Lipinski definition) is 5. The fourth-order valence-corrected chi connectivity index (χ4v) is 1.93. The summed E-state index contributed by atoms with van der Waals surface area (Å²) in [6.45, 7) is -0.207. The van der Waals surface area contributed by atoms with E-state index in [1.54, 1.807) is 24.3 Å². The molecule has 1 saturated heterocycles. The van der Waals surface area contributed by atoms with Gasteiger partial charge in [0.2, 0.25) is 0 Å². The maximum absolute atomic E-state index is 10.1. The van der Waals surface area contributed by atoms with Gasteiger partial charge < -0.3 is 25.2 Å². The maximum Gasteiger partial charge on any atom is 0.198 e. The highest BCUT2D eigenvalue weighted by atomic mass is 16.6. The zero-order valence-electron chi connectivity index (χ0n) is 9.23. The number of ether oxygens (including phenoxy) is 1. The van der Waals surface area contributed by atoms with E-state index in [0.717, 1.165) is 5.56 Å². The van der Waals surface area contributed by atoms with Gasteiger partial charge in [0, 0.05) is 6.42 Å². The summed E-state index contributed by atoms with van der Waals surface area (Å²) in [5.41, 5.74) is 0.776. The number of aliphatic hydroxyl groups excluding tert-OH is 3. The largest absolute Gasteiger partial charge is 0.388 e. The molecule has 4 N–H and O–H groups in total. The molecule has 1 heterocycles. The topological polar surface area (TPSA) is 90.2 Å². The van der Waals surface area contributed by atoms with Gasteiger partial charge in [0.25, 0.3) is 0 Å². The molecule has 0 spiro atoms. The maximum atomic E-state index is 10.1. The van der Waals surface area contributed by atoms with Gasteiger partial charge in [-0.1, -0.05) is 30.3 Å². The molecule has 0 radical (unpaired) electrons. The molecule has 0 amide bonds. The summed E-state index contributed by atoms with van der Waals surface area (Å²) in [7, 11) is 0. The molecule has 1 aliphatic rings. The predicted molar refractivity (Wildman–Crippen MR) is 59.1 cm³/mol. The normalized spacial score (nSPS) is 38.0. The molecule has 0 unspecified atom stereocenters. The van der Waals surface area contributed by atoms with Gasteiger partial charge in [0.1, 0.15) is 18.3 Å². The molecule has 5 heteroatoms. The lowest BCUT2D eigenvalue weighted by molar-refractivity contribution is -0.320. The van der Waals surface area contributed by atoms with E-state index < -0.39 is 24.1 Å². The molecule has 0 saturated carbocycles. The lowest BCUT2D eigenvalue weighted by Gasteiger charge is -2.41. The van der Waals surface area contributed by atoms with Crippen molar-refractivity contribution < 1.29 is 25.2 Å². The molecular formula is C12H16O5. The Bertz CT molecular complexity index is 368. The SMILES string of the molecule is O[C@H]1[C@H](O)CO[C@@](O)(Cc2ccccc2)[C@H]1O. The summed E-state index contributed by atoms with van der Waals surface area (Å²) in [6.07, 6.45) is -4.07. The van der Waals surface area contributed by atoms with Gasteiger partial charge >= 0.3 is 0 Å². The summed E-state index contributed by atoms with van der Waals surface area (Å²) < 4.78 is 5.06. The van der Waals surface area contributed by atoms with Crippen LogP contribution in [0.3, 0.4) is 0 Å². The second-order valence-corrected chi connectivity index (χ2v) is 4.32. The van der Waals surface area contributed by atoms with Gasteiger partial charge in [-0.05, 0) is 5.56 Å². The summed E-state index contributed by atoms with van der Waals surface area (Å²) in [4.78, 5) is 0. The van der Waals surface area contributed by atoms with E-state index in [0.29, 0.717) is 0 Å². The van der Waals surface area contributed by atoms with Gasteiger partial charge in [-0.3, -0.25) is 0 Å². The van der Waals surface area contributed by atoms with Crippen molar-refractivity contribution in [3.63, 3.8) is 0 Å². The molecule has 1 aromatic carbocycles. The molecule has 4 atom stereocenters. The molecule has 0 bridgehead atoms. The Labute approximate surface area is 98.9 Å². The van der Waals surface area contributed by atoms with Gasteiger partial charge in [-0.25, -0.2) is 0 Å². The summed E-state index contributed by atoms with van der Waals surface area (Å²) in [5, 5.41) is 38.7. The van der Waals surface area contributed by atoms with Crippen molar-refractivity contribution in [2.24, 2.45) is 0 Å². The van der Waals surface area contributed by atoms with Crippen LogP contribution in [0, 0.1) is 0 Å². The summed E-state index contributed by atoms with van der Waals surface area (Å²) >= 11 is 0. The Balaban J connectivity index is 2.14. The summed E-state index contributed by atoms with van der Waals surface area (Å²) in [6, 6.07) is 9.01. The molecule has 0 aromatic heterocycles. The van der Waals surface area contributed by atoms with Crippen LogP contribution in [0.4, 0.5) is 0 Å². The molecule has 17 heavy (non-hydrogen) atoms. The van der Waals surface area contributed by atoms with Gasteiger partial charge in [0.05, 0.1) is 6.61 Å². The van der Waals surface area contributed by atoms with Crippen molar-refractivity contribution in [2.45, 2.75) is 30.5 Å². The van der Waals surface area contributed by atoms with Crippen LogP contribution in [0.5, 0.6) is 0 Å². The first-order valence-electron chi connectivity index (χ1n) is 5.47. The molecule has 1 fully saturated rings. The molecule has 2 rings (SSSR count). The molecule has 5 nitrogen and oxygen atoms in total. The van der Waals surface area contributed by atoms with E-state index in [1.807, 2.05) is 6.07 Å². The number of aliphatic hydroxyl groups is 4. The average molecular weight is 240 g/mol. The quantitative estimate of drug-likeness (QED) is 0.534. The van der Waals surface area contributed by atoms with E-state index in [9.17, 15) is 20.4 Å². The molecule has 94 valence electrons. The van der Waals surface area contributed by atoms with E-state index >= 15 is 0 Å². The Kier molecular flexibility index (Phi) is 3.46. The van der Waals surface area contributed by atoms with Crippen molar-refractivity contribution in [3.05, 3.63) is 35.9 Å². The second kappa shape index (κ2) is 4.72. The third-order valence-electron chi connectivity index (χ3n) is 2.98. The summed E-state index contributed by atoms with van der Waals surface area (Å²) in [5.74, 6) is -1.86. The van der Waals surface area contributed by atoms with E-state index in [2.05, 4.69) is 0 Å². The number of rotatable bonds is 2. The third-order valence-corrected chi connectivity index (χ3v) is 2.98. The standard InChI is InChI=1S/C12H16O5/c13-9-7-17-12(16,11(15)10(9)14)6-8-4-2-1-3-5-8/h1-5,9-11,13-16H,6-7H2/t9-,10+,11+,12+/m1/s1. The minimum absolute atomic E-state index is 0.0544. The van der Waals surface area contributed by atoms with Crippen molar-refractivity contribution in [2.75, 3.05) is 6.61 Å². The van der Waals surface area contributed by atoms with Crippen LogP contribution < -0.4 is 0 Å². The lowest BCUT2D eigenvalue weighted by Crippen LogP contribution is -2.61. The van der Waals surface area contributed by atoms with Crippen LogP contribution in [0.15, 0.2) is 30.3 Å². The van der Waals surface area contributed by atoms with E-state index in [-0.39, 0.29) is 13.0 Å². The Morgan fingerprint density at radius 2 is 1.82 bits per heavy atom. The van der Waals surface area contributed by atoms with Crippen LogP contribution in [-0.4, -0.2) is 51.1 Å². The first-order valence-corrected chi connectivity index (χ1v) is 5.47. The van der Waals surface area contributed by atoms with E-state index in [1.165, 1.54) is 0 Å². The van der Waals surface area contributed by atoms with Crippen LogP contribution >= 0.6 is 0 Å². The molecular weight excluding hydrogens is 224 g/mol. The Morgan fingerprint density at radius 3 is 2.47 bits per heavy atom. The predicted octanol–water partition coefficient (Wildman–Crippen LogP) is -0.969. The van der Waals surface area contributed by atoms with Crippen LogP contribution in [0.2, 0.25) is 0 Å². The van der Waals surface area contributed by atoms with Gasteiger partial charge in [-0.15, -0.1) is 0 Å². The van der Waals surface area contributed by atoms with Gasteiger partial charge in [0.15, 0.2) is 5.79 Å². The minimum atomic E-state index is -1.86. The third kappa shape index (κ3) is 2.48. The number of hydrogen-bond donors (Lipinski definition) is 4. The number of benzene rings is 1. The Morgan fingerprint density at radius 1 is 1.18 bits per heavy atom. The Hall–Kier alpha value is -0.980. The van der Waals surface area contributed by atoms with Gasteiger partial charge in [-0.2, -0.15) is 0 Å². The first kappa shape index (κ1) is 12.5. The monoisotopic (exact) mass is 240 g/mol. The van der Waals surface area contributed by atoms with Crippen LogP contribution in [0.25, 0.3) is 0 Å². The average Bonchev–Trinajstić information content (AvgIpc) is 2.34. The van der Waals surface area contributed by atoms with Crippen molar-refractivity contribution in [1.29, 1.82) is 0 Å². The fraction of sp³-hybridized carbons (Fsp3) is 0.500. The zero-order chi connectivity index (χ0) is 12.5. The van der Waals surface area contributed by atoms with Crippen LogP contribution in [0.1, 0.15) is 5.56 Å². The van der Waals surface area contributed by atoms with Crippen molar-refractivity contribution in [3.8, 4) is 0 Å². The first-order chi connectivity index (χ1) is 8.03. The molecule has 1 aliphatic heterocycles. The minimum Gasteiger partial charge on any atom is -0.388 e. The highest BCUT2D eigenvalue weighted by molar-refractivity contribution is 5.17. The second-order valence-electron chi connectivity index (χ2n) is 4.32. The smallest absolute Gasteiger partial charge is 0.198 e. The van der Waals surface area contributed by atoms with Crippen molar-refractivity contribution in [1.82, 2.24) is 0 Å².